The smallest absolute Gasteiger partial charge is 0.227 e. The Kier molecular flexibility index (Phi) is 4.23. The topological polar surface area (TPSA) is 51.0 Å². The molecule has 1 atom stereocenters. The average molecular weight is 348 g/mol. The van der Waals surface area contributed by atoms with Crippen LogP contribution in [0, 0.1) is 13.8 Å². The second-order valence-corrected chi connectivity index (χ2v) is 7.12. The van der Waals surface area contributed by atoms with Crippen molar-refractivity contribution in [2.45, 2.75) is 39.2 Å². The Balaban J connectivity index is 1.63. The molecule has 0 spiro atoms. The molecular formula is C21H24N4O. The van der Waals surface area contributed by atoms with E-state index in [0.29, 0.717) is 6.42 Å². The van der Waals surface area contributed by atoms with Gasteiger partial charge >= 0.3 is 0 Å². The second-order valence-electron chi connectivity index (χ2n) is 7.12. The van der Waals surface area contributed by atoms with Crippen LogP contribution in [-0.2, 0) is 18.3 Å². The SMILES string of the molecule is Cc1nn(C)c(C)c1[C@@H]1CCCN1C(=O)Cc1cccc2cccnc12. The van der Waals surface area contributed by atoms with Crippen molar-refractivity contribution in [1.29, 1.82) is 0 Å². The van der Waals surface area contributed by atoms with Crippen molar-refractivity contribution >= 4 is 16.8 Å². The van der Waals surface area contributed by atoms with Gasteiger partial charge in [0, 0.05) is 36.4 Å². The highest BCUT2D eigenvalue weighted by Crippen LogP contribution is 2.36. The molecule has 1 amide bonds. The molecule has 1 saturated heterocycles. The number of hydrogen-bond acceptors (Lipinski definition) is 3. The fourth-order valence-electron chi connectivity index (χ4n) is 4.21. The zero-order chi connectivity index (χ0) is 18.3. The predicted octanol–water partition coefficient (Wildman–Crippen LogP) is 3.49. The summed E-state index contributed by atoms with van der Waals surface area (Å²) in [6.07, 6.45) is 4.23. The number of hydrogen-bond donors (Lipinski definition) is 0. The molecule has 0 aliphatic carbocycles. The van der Waals surface area contributed by atoms with Crippen LogP contribution < -0.4 is 0 Å². The highest BCUT2D eigenvalue weighted by Gasteiger charge is 2.33. The summed E-state index contributed by atoms with van der Waals surface area (Å²) in [7, 11) is 1.97. The van der Waals surface area contributed by atoms with Crippen molar-refractivity contribution in [1.82, 2.24) is 19.7 Å². The van der Waals surface area contributed by atoms with E-state index in [4.69, 9.17) is 0 Å². The molecule has 3 aromatic rings. The summed E-state index contributed by atoms with van der Waals surface area (Å²) in [5.41, 5.74) is 5.32. The largest absolute Gasteiger partial charge is 0.335 e. The normalized spacial score (nSPS) is 17.2. The number of pyridine rings is 1. The fourth-order valence-corrected chi connectivity index (χ4v) is 4.21. The van der Waals surface area contributed by atoms with Gasteiger partial charge in [-0.15, -0.1) is 0 Å². The predicted molar refractivity (Wildman–Crippen MR) is 102 cm³/mol. The number of nitrogens with zero attached hydrogens (tertiary/aromatic N) is 4. The van der Waals surface area contributed by atoms with Gasteiger partial charge in [-0.2, -0.15) is 5.10 Å². The molecule has 26 heavy (non-hydrogen) atoms. The minimum atomic E-state index is 0.138. The second kappa shape index (κ2) is 6.56. The van der Waals surface area contributed by atoms with Gasteiger partial charge in [0.05, 0.1) is 23.7 Å². The summed E-state index contributed by atoms with van der Waals surface area (Å²) in [5, 5.41) is 5.62. The van der Waals surface area contributed by atoms with Gasteiger partial charge in [0.2, 0.25) is 5.91 Å². The first-order chi connectivity index (χ1) is 12.6. The van der Waals surface area contributed by atoms with E-state index in [1.165, 1.54) is 5.56 Å². The van der Waals surface area contributed by atoms with Gasteiger partial charge in [0.15, 0.2) is 0 Å². The van der Waals surface area contributed by atoms with E-state index >= 15 is 0 Å². The van der Waals surface area contributed by atoms with Crippen molar-refractivity contribution in [2.24, 2.45) is 7.05 Å². The lowest BCUT2D eigenvalue weighted by Crippen LogP contribution is -2.32. The number of aromatic nitrogens is 3. The van der Waals surface area contributed by atoms with E-state index in [1.54, 1.807) is 6.20 Å². The first-order valence-corrected chi connectivity index (χ1v) is 9.18. The van der Waals surface area contributed by atoms with Crippen LogP contribution in [0.3, 0.4) is 0 Å². The molecule has 0 radical (unpaired) electrons. The summed E-state index contributed by atoms with van der Waals surface area (Å²) >= 11 is 0. The van der Waals surface area contributed by atoms with Crippen molar-refractivity contribution in [3.05, 3.63) is 59.0 Å². The maximum Gasteiger partial charge on any atom is 0.227 e. The first-order valence-electron chi connectivity index (χ1n) is 9.18. The highest BCUT2D eigenvalue weighted by molar-refractivity contribution is 5.87. The summed E-state index contributed by atoms with van der Waals surface area (Å²) in [4.78, 5) is 19.7. The Hall–Kier alpha value is -2.69. The molecule has 5 heteroatoms. The maximum atomic E-state index is 13.1. The summed E-state index contributed by atoms with van der Waals surface area (Å²) in [5.74, 6) is 0.174. The lowest BCUT2D eigenvalue weighted by molar-refractivity contribution is -0.131. The summed E-state index contributed by atoms with van der Waals surface area (Å²) < 4.78 is 1.92. The third kappa shape index (κ3) is 2.77. The number of benzene rings is 1. The average Bonchev–Trinajstić information content (AvgIpc) is 3.20. The van der Waals surface area contributed by atoms with Gasteiger partial charge in [0.1, 0.15) is 0 Å². The maximum absolute atomic E-state index is 13.1. The van der Waals surface area contributed by atoms with Crippen molar-refractivity contribution in [3.8, 4) is 0 Å². The van der Waals surface area contributed by atoms with E-state index in [2.05, 4.69) is 17.0 Å². The lowest BCUT2D eigenvalue weighted by atomic mass is 10.0. The van der Waals surface area contributed by atoms with Crippen molar-refractivity contribution in [2.75, 3.05) is 6.54 Å². The molecule has 0 unspecified atom stereocenters. The monoisotopic (exact) mass is 348 g/mol. The Morgan fingerprint density at radius 2 is 2.04 bits per heavy atom. The third-order valence-electron chi connectivity index (χ3n) is 5.53. The Morgan fingerprint density at radius 3 is 2.81 bits per heavy atom. The molecule has 3 heterocycles. The fraction of sp³-hybridized carbons (Fsp3) is 0.381. The standard InChI is InChI=1S/C21H24N4O/c1-14-20(15(2)24(3)23-14)18-10-6-12-25(18)19(26)13-17-8-4-7-16-9-5-11-22-21(16)17/h4-5,7-9,11,18H,6,10,12-13H2,1-3H3/t18-/m0/s1. The van der Waals surface area contributed by atoms with Crippen LogP contribution in [0.25, 0.3) is 10.9 Å². The number of likely N-dealkylation sites (tertiary alicyclic amines) is 1. The number of aryl methyl sites for hydroxylation is 2. The zero-order valence-electron chi connectivity index (χ0n) is 15.6. The number of carbonyl (C=O) groups is 1. The number of carbonyl (C=O) groups excluding carboxylic acids is 1. The minimum Gasteiger partial charge on any atom is -0.335 e. The van der Waals surface area contributed by atoms with Crippen LogP contribution in [0.2, 0.25) is 0 Å². The molecule has 4 rings (SSSR count). The molecule has 0 N–H and O–H groups in total. The number of rotatable bonds is 3. The Bertz CT molecular complexity index is 970. The summed E-state index contributed by atoms with van der Waals surface area (Å²) in [6, 6.07) is 10.2. The summed E-state index contributed by atoms with van der Waals surface area (Å²) in [6.45, 7) is 4.94. The van der Waals surface area contributed by atoms with E-state index in [-0.39, 0.29) is 11.9 Å². The molecule has 1 aromatic carbocycles. The van der Waals surface area contributed by atoms with Gasteiger partial charge in [0.25, 0.3) is 0 Å². The van der Waals surface area contributed by atoms with E-state index in [9.17, 15) is 4.79 Å². The molecule has 1 fully saturated rings. The first kappa shape index (κ1) is 16.8. The molecular weight excluding hydrogens is 324 g/mol. The molecule has 5 nitrogen and oxygen atoms in total. The van der Waals surface area contributed by atoms with Gasteiger partial charge < -0.3 is 4.90 Å². The van der Waals surface area contributed by atoms with E-state index in [1.807, 2.05) is 53.9 Å². The van der Waals surface area contributed by atoms with Crippen LogP contribution in [0.1, 0.15) is 41.4 Å². The molecule has 134 valence electrons. The van der Waals surface area contributed by atoms with E-state index in [0.717, 1.165) is 47.2 Å². The molecule has 0 bridgehead atoms. The number of para-hydroxylation sites is 1. The van der Waals surface area contributed by atoms with Crippen molar-refractivity contribution < 1.29 is 4.79 Å². The van der Waals surface area contributed by atoms with Crippen molar-refractivity contribution in [3.63, 3.8) is 0 Å². The van der Waals surface area contributed by atoms with Gasteiger partial charge in [-0.25, -0.2) is 0 Å². The number of fused-ring (bicyclic) bond motifs is 1. The van der Waals surface area contributed by atoms with Crippen LogP contribution in [0.5, 0.6) is 0 Å². The lowest BCUT2D eigenvalue weighted by Gasteiger charge is -2.25. The van der Waals surface area contributed by atoms with E-state index < -0.39 is 0 Å². The van der Waals surface area contributed by atoms with Crippen LogP contribution >= 0.6 is 0 Å². The Labute approximate surface area is 153 Å². The van der Waals surface area contributed by atoms with Crippen LogP contribution in [-0.4, -0.2) is 32.1 Å². The molecule has 1 aliphatic heterocycles. The minimum absolute atomic E-state index is 0.138. The zero-order valence-corrected chi connectivity index (χ0v) is 15.6. The molecule has 1 aliphatic rings. The van der Waals surface area contributed by atoms with Gasteiger partial charge in [-0.05, 0) is 38.3 Å². The van der Waals surface area contributed by atoms with Gasteiger partial charge in [-0.3, -0.25) is 14.5 Å². The Morgan fingerprint density at radius 1 is 1.23 bits per heavy atom. The number of amides is 1. The molecule has 2 aromatic heterocycles. The van der Waals surface area contributed by atoms with Gasteiger partial charge in [-0.1, -0.05) is 24.3 Å². The van der Waals surface area contributed by atoms with Crippen LogP contribution in [0.4, 0.5) is 0 Å². The third-order valence-corrected chi connectivity index (χ3v) is 5.53. The highest BCUT2D eigenvalue weighted by atomic mass is 16.2. The van der Waals surface area contributed by atoms with Crippen LogP contribution in [0.15, 0.2) is 36.5 Å². The quantitative estimate of drug-likeness (QED) is 0.728. The molecule has 0 saturated carbocycles.